The van der Waals surface area contributed by atoms with Crippen LogP contribution in [0.4, 0.5) is 17.6 Å². The fraction of sp³-hybridized carbons (Fsp3) is 0.310. The smallest absolute Gasteiger partial charge is 0.166 e. The van der Waals surface area contributed by atoms with E-state index in [1.165, 1.54) is 30.3 Å². The number of allylic oxidation sites excluding steroid dienone is 2. The van der Waals surface area contributed by atoms with E-state index in [0.717, 1.165) is 18.9 Å². The maximum atomic E-state index is 14.6. The topological polar surface area (TPSA) is 18.5 Å². The highest BCUT2D eigenvalue weighted by molar-refractivity contribution is 5.84. The van der Waals surface area contributed by atoms with Crippen molar-refractivity contribution >= 4 is 10.8 Å². The van der Waals surface area contributed by atoms with Crippen molar-refractivity contribution in [1.82, 2.24) is 0 Å². The van der Waals surface area contributed by atoms with Gasteiger partial charge >= 0.3 is 0 Å². The molecular formula is C29H26F4O2. The molecule has 1 aliphatic heterocycles. The average molecular weight is 483 g/mol. The maximum absolute atomic E-state index is 14.6. The van der Waals surface area contributed by atoms with Gasteiger partial charge in [0, 0.05) is 23.3 Å². The van der Waals surface area contributed by atoms with Crippen LogP contribution in [0.15, 0.2) is 54.6 Å². The third-order valence-electron chi connectivity index (χ3n) is 6.02. The number of rotatable bonds is 6. The van der Waals surface area contributed by atoms with Gasteiger partial charge in [0.15, 0.2) is 17.9 Å². The van der Waals surface area contributed by atoms with Crippen molar-refractivity contribution in [1.29, 1.82) is 0 Å². The SMILES string of the molecule is C/C=C/CCC1COC(CCc2cc(F)c(C#Cc3ccc4c(F)c(F)ccc4c3)c(F)c2)OC1. The molecule has 6 heteroatoms. The van der Waals surface area contributed by atoms with Crippen molar-refractivity contribution in [3.05, 3.63) is 94.6 Å². The summed E-state index contributed by atoms with van der Waals surface area (Å²) in [6, 6.07) is 9.43. The van der Waals surface area contributed by atoms with Crippen molar-refractivity contribution in [2.75, 3.05) is 13.2 Å². The van der Waals surface area contributed by atoms with Crippen LogP contribution >= 0.6 is 0 Å². The highest BCUT2D eigenvalue weighted by Crippen LogP contribution is 2.23. The van der Waals surface area contributed by atoms with E-state index >= 15 is 0 Å². The van der Waals surface area contributed by atoms with Gasteiger partial charge in [0.05, 0.1) is 18.8 Å². The molecule has 0 aromatic heterocycles. The fourth-order valence-electron chi connectivity index (χ4n) is 4.07. The summed E-state index contributed by atoms with van der Waals surface area (Å²) in [5.41, 5.74) is 0.589. The van der Waals surface area contributed by atoms with Gasteiger partial charge in [-0.3, -0.25) is 0 Å². The van der Waals surface area contributed by atoms with Crippen LogP contribution in [0.1, 0.15) is 42.9 Å². The minimum Gasteiger partial charge on any atom is -0.352 e. The van der Waals surface area contributed by atoms with Crippen molar-refractivity contribution in [2.45, 2.75) is 38.9 Å². The molecule has 3 aromatic rings. The maximum Gasteiger partial charge on any atom is 0.166 e. The second-order valence-electron chi connectivity index (χ2n) is 8.63. The van der Waals surface area contributed by atoms with Gasteiger partial charge in [-0.1, -0.05) is 36.1 Å². The van der Waals surface area contributed by atoms with Crippen LogP contribution in [0.25, 0.3) is 10.8 Å². The van der Waals surface area contributed by atoms with Gasteiger partial charge in [-0.15, -0.1) is 0 Å². The van der Waals surface area contributed by atoms with E-state index in [0.29, 0.717) is 48.5 Å². The van der Waals surface area contributed by atoms with Crippen LogP contribution in [-0.4, -0.2) is 19.5 Å². The lowest BCUT2D eigenvalue weighted by atomic mass is 10.0. The summed E-state index contributed by atoms with van der Waals surface area (Å²) in [6.07, 6.45) is 6.66. The summed E-state index contributed by atoms with van der Waals surface area (Å²) in [5, 5.41) is 0.565. The Kier molecular flexibility index (Phi) is 8.22. The summed E-state index contributed by atoms with van der Waals surface area (Å²) in [5.74, 6) is 2.20. The number of hydrogen-bond acceptors (Lipinski definition) is 2. The van der Waals surface area contributed by atoms with Gasteiger partial charge in [0.1, 0.15) is 11.6 Å². The lowest BCUT2D eigenvalue weighted by molar-refractivity contribution is -0.203. The van der Waals surface area contributed by atoms with Crippen LogP contribution in [0.5, 0.6) is 0 Å². The zero-order valence-electron chi connectivity index (χ0n) is 19.4. The molecule has 3 aromatic carbocycles. The molecule has 1 saturated heterocycles. The monoisotopic (exact) mass is 482 g/mol. The minimum absolute atomic E-state index is 0.118. The minimum atomic E-state index is -0.942. The number of benzene rings is 3. The predicted octanol–water partition coefficient (Wildman–Crippen LogP) is 7.07. The Balaban J connectivity index is 1.38. The molecule has 182 valence electrons. The first kappa shape index (κ1) is 25.0. The van der Waals surface area contributed by atoms with Gasteiger partial charge in [-0.2, -0.15) is 0 Å². The molecule has 0 bridgehead atoms. The van der Waals surface area contributed by atoms with E-state index in [4.69, 9.17) is 9.47 Å². The van der Waals surface area contributed by atoms with E-state index < -0.39 is 23.3 Å². The largest absolute Gasteiger partial charge is 0.352 e. The van der Waals surface area contributed by atoms with Gasteiger partial charge in [0.25, 0.3) is 0 Å². The summed E-state index contributed by atoms with van der Waals surface area (Å²) < 4.78 is 68.0. The van der Waals surface area contributed by atoms with Crippen LogP contribution < -0.4 is 0 Å². The van der Waals surface area contributed by atoms with Gasteiger partial charge < -0.3 is 9.47 Å². The number of halogens is 4. The first-order chi connectivity index (χ1) is 16.9. The lowest BCUT2D eigenvalue weighted by Crippen LogP contribution is -2.32. The molecule has 0 saturated carbocycles. The lowest BCUT2D eigenvalue weighted by Gasteiger charge is -2.29. The Morgan fingerprint density at radius 2 is 1.63 bits per heavy atom. The van der Waals surface area contributed by atoms with Crippen molar-refractivity contribution in [3.63, 3.8) is 0 Å². The zero-order valence-corrected chi connectivity index (χ0v) is 19.4. The molecule has 0 aliphatic carbocycles. The summed E-state index contributed by atoms with van der Waals surface area (Å²) in [6.45, 7) is 3.23. The van der Waals surface area contributed by atoms with Gasteiger partial charge in [-0.05, 0) is 67.5 Å². The molecule has 0 N–H and O–H groups in total. The molecule has 0 unspecified atom stereocenters. The quantitative estimate of drug-likeness (QED) is 0.212. The molecule has 1 fully saturated rings. The summed E-state index contributed by atoms with van der Waals surface area (Å²) in [4.78, 5) is 0. The number of fused-ring (bicyclic) bond motifs is 1. The first-order valence-electron chi connectivity index (χ1n) is 11.7. The first-order valence-corrected chi connectivity index (χ1v) is 11.7. The molecule has 1 aliphatic rings. The Morgan fingerprint density at radius 1 is 0.886 bits per heavy atom. The van der Waals surface area contributed by atoms with Crippen molar-refractivity contribution < 1.29 is 27.0 Å². The summed E-state index contributed by atoms with van der Waals surface area (Å²) in [7, 11) is 0. The van der Waals surface area contributed by atoms with Crippen LogP contribution in [-0.2, 0) is 15.9 Å². The predicted molar refractivity (Wildman–Crippen MR) is 128 cm³/mol. The summed E-state index contributed by atoms with van der Waals surface area (Å²) >= 11 is 0. The number of ether oxygens (including phenoxy) is 2. The molecule has 1 heterocycles. The van der Waals surface area contributed by atoms with E-state index in [-0.39, 0.29) is 17.2 Å². The molecule has 0 spiro atoms. The Bertz CT molecular complexity index is 1260. The zero-order chi connectivity index (χ0) is 24.8. The van der Waals surface area contributed by atoms with Crippen LogP contribution in [0.2, 0.25) is 0 Å². The van der Waals surface area contributed by atoms with Crippen LogP contribution in [0.3, 0.4) is 0 Å². The molecule has 0 amide bonds. The normalized spacial score (nSPS) is 18.1. The number of hydrogen-bond donors (Lipinski definition) is 0. The van der Waals surface area contributed by atoms with E-state index in [9.17, 15) is 17.6 Å². The second kappa shape index (κ2) is 11.5. The van der Waals surface area contributed by atoms with Gasteiger partial charge in [0.2, 0.25) is 0 Å². The van der Waals surface area contributed by atoms with Crippen molar-refractivity contribution in [2.24, 2.45) is 5.92 Å². The van der Waals surface area contributed by atoms with E-state index in [1.807, 2.05) is 13.0 Å². The Labute approximate surface area is 202 Å². The van der Waals surface area contributed by atoms with Gasteiger partial charge in [-0.25, -0.2) is 17.6 Å². The third-order valence-corrected chi connectivity index (χ3v) is 6.02. The Morgan fingerprint density at radius 3 is 2.34 bits per heavy atom. The standard InChI is InChI=1S/C29H26F4O2/c1-2-3-4-5-21-17-34-28(35-18-21)13-8-20-15-26(31)24(27(32)16-20)11-7-19-6-10-23-22(14-19)9-12-25(30)29(23)33/h2-3,6,9-10,12,14-16,21,28H,4-5,8,13,17-18H2,1H3/b3-2+. The molecular weight excluding hydrogens is 456 g/mol. The molecule has 35 heavy (non-hydrogen) atoms. The highest BCUT2D eigenvalue weighted by atomic mass is 19.2. The van der Waals surface area contributed by atoms with Crippen molar-refractivity contribution in [3.8, 4) is 11.8 Å². The highest BCUT2D eigenvalue weighted by Gasteiger charge is 2.22. The molecule has 0 atom stereocenters. The molecule has 4 rings (SSSR count). The van der Waals surface area contributed by atoms with E-state index in [2.05, 4.69) is 17.9 Å². The second-order valence-corrected chi connectivity index (χ2v) is 8.63. The third kappa shape index (κ3) is 6.30. The molecule has 2 nitrogen and oxygen atoms in total. The molecule has 0 radical (unpaired) electrons. The fourth-order valence-corrected chi connectivity index (χ4v) is 4.07. The average Bonchev–Trinajstić information content (AvgIpc) is 2.85. The van der Waals surface area contributed by atoms with E-state index in [1.54, 1.807) is 6.07 Å². The number of aryl methyl sites for hydroxylation is 1. The Hall–Kier alpha value is -3.14. The van der Waals surface area contributed by atoms with Crippen LogP contribution in [0, 0.1) is 41.0 Å².